The highest BCUT2D eigenvalue weighted by atomic mass is 35.5. The van der Waals surface area contributed by atoms with Crippen molar-refractivity contribution in [2.75, 3.05) is 59.5 Å². The Morgan fingerprint density at radius 3 is 2.50 bits per heavy atom. The zero-order valence-electron chi connectivity index (χ0n) is 21.4. The van der Waals surface area contributed by atoms with Crippen LogP contribution >= 0.6 is 34.3 Å². The van der Waals surface area contributed by atoms with Gasteiger partial charge < -0.3 is 14.5 Å². The first-order chi connectivity index (χ1) is 18.2. The largest absolute Gasteiger partial charge is 0.379 e. The van der Waals surface area contributed by atoms with E-state index in [1.165, 1.54) is 34.0 Å². The van der Waals surface area contributed by atoms with E-state index < -0.39 is 16.1 Å². The predicted octanol–water partition coefficient (Wildman–Crippen LogP) is 3.06. The van der Waals surface area contributed by atoms with Gasteiger partial charge in [0.25, 0.3) is 10.0 Å². The van der Waals surface area contributed by atoms with Crippen molar-refractivity contribution in [2.24, 2.45) is 0 Å². The van der Waals surface area contributed by atoms with Crippen LogP contribution < -0.4 is 0 Å². The number of piperidine rings is 1. The lowest BCUT2D eigenvalue weighted by Gasteiger charge is -2.37. The summed E-state index contributed by atoms with van der Waals surface area (Å²) in [5, 5.41) is 0. The molecule has 0 N–H and O–H groups in total. The van der Waals surface area contributed by atoms with Crippen LogP contribution in [0.4, 0.5) is 0 Å². The molecule has 3 fully saturated rings. The van der Waals surface area contributed by atoms with Crippen LogP contribution in [0.3, 0.4) is 0 Å². The smallest absolute Gasteiger partial charge is 0.253 e. The Morgan fingerprint density at radius 1 is 1.05 bits per heavy atom. The van der Waals surface area contributed by atoms with Crippen LogP contribution in [0.25, 0.3) is 9.75 Å². The second-order valence-electron chi connectivity index (χ2n) is 9.96. The maximum atomic E-state index is 13.5. The number of amides is 2. The number of sulfonamides is 1. The maximum absolute atomic E-state index is 13.5. The van der Waals surface area contributed by atoms with Gasteiger partial charge in [0.05, 0.1) is 24.1 Å². The van der Waals surface area contributed by atoms with Gasteiger partial charge in [0, 0.05) is 55.6 Å². The predicted molar refractivity (Wildman–Crippen MR) is 149 cm³/mol. The quantitative estimate of drug-likeness (QED) is 0.463. The first-order valence-corrected chi connectivity index (χ1v) is 16.4. The number of carbonyl (C=O) groups excluding carboxylic acids is 2. The van der Waals surface area contributed by atoms with Gasteiger partial charge in [-0.2, -0.15) is 4.31 Å². The fraction of sp³-hybridized carbons (Fsp3) is 0.600. The number of morpholine rings is 1. The number of nitrogens with zero attached hydrogens (tertiary/aromatic N) is 4. The second kappa shape index (κ2) is 11.9. The van der Waals surface area contributed by atoms with E-state index in [2.05, 4.69) is 4.90 Å². The summed E-state index contributed by atoms with van der Waals surface area (Å²) in [6.07, 6.45) is 2.99. The fourth-order valence-electron chi connectivity index (χ4n) is 5.45. The fourth-order valence-corrected chi connectivity index (χ4v) is 9.42. The van der Waals surface area contributed by atoms with E-state index >= 15 is 0 Å². The normalized spacial score (nSPS) is 23.5. The molecule has 2 aromatic rings. The Morgan fingerprint density at radius 2 is 1.76 bits per heavy atom. The first kappa shape index (κ1) is 28.0. The molecular weight excluding hydrogens is 568 g/mol. The van der Waals surface area contributed by atoms with Gasteiger partial charge in [-0.05, 0) is 49.9 Å². The van der Waals surface area contributed by atoms with Crippen molar-refractivity contribution in [3.63, 3.8) is 0 Å². The highest BCUT2D eigenvalue weighted by Crippen LogP contribution is 2.38. The van der Waals surface area contributed by atoms with Crippen molar-refractivity contribution < 1.29 is 22.7 Å². The molecule has 9 nitrogen and oxygen atoms in total. The van der Waals surface area contributed by atoms with Gasteiger partial charge in [0.1, 0.15) is 10.3 Å². The first-order valence-electron chi connectivity index (χ1n) is 13.0. The van der Waals surface area contributed by atoms with E-state index in [0.717, 1.165) is 55.4 Å². The highest BCUT2D eigenvalue weighted by Gasteiger charge is 2.40. The third-order valence-electron chi connectivity index (χ3n) is 7.57. The summed E-state index contributed by atoms with van der Waals surface area (Å²) in [7, 11) is -2.42. The standard InChI is InChI=1S/C25H33ClN4O5S3/c1-27(38(33,34)24-9-7-21(37-24)20-6-8-22(26)36-20)19-5-3-10-29(25(19)32)17-23(31)30-11-2-4-18(30)16-28-12-14-35-15-13-28/h6-9,18-19H,2-5,10-17H2,1H3. The summed E-state index contributed by atoms with van der Waals surface area (Å²) >= 11 is 8.60. The molecule has 208 valence electrons. The zero-order chi connectivity index (χ0) is 26.9. The number of hydrogen-bond acceptors (Lipinski definition) is 8. The molecule has 0 aliphatic carbocycles. The molecule has 38 heavy (non-hydrogen) atoms. The van der Waals surface area contributed by atoms with Crippen LogP contribution in [0.1, 0.15) is 25.7 Å². The number of rotatable bonds is 8. The average molecular weight is 601 g/mol. The van der Waals surface area contributed by atoms with E-state index in [1.54, 1.807) is 23.1 Å². The number of hydrogen-bond donors (Lipinski definition) is 0. The summed E-state index contributed by atoms with van der Waals surface area (Å²) in [6.45, 7) is 5.16. The van der Waals surface area contributed by atoms with Crippen molar-refractivity contribution in [1.29, 1.82) is 0 Å². The van der Waals surface area contributed by atoms with Gasteiger partial charge in [-0.1, -0.05) is 11.6 Å². The number of thiophene rings is 2. The minimum atomic E-state index is -3.88. The summed E-state index contributed by atoms with van der Waals surface area (Å²) in [6, 6.07) is 6.31. The van der Waals surface area contributed by atoms with Crippen LogP contribution in [0.15, 0.2) is 28.5 Å². The Kier molecular flexibility index (Phi) is 8.78. The molecule has 0 radical (unpaired) electrons. The summed E-state index contributed by atoms with van der Waals surface area (Å²) in [5.74, 6) is -0.362. The molecule has 3 saturated heterocycles. The van der Waals surface area contributed by atoms with Crippen molar-refractivity contribution in [1.82, 2.24) is 19.0 Å². The number of halogens is 1. The van der Waals surface area contributed by atoms with Crippen LogP contribution in [-0.2, 0) is 24.3 Å². The topological polar surface area (TPSA) is 90.5 Å². The van der Waals surface area contributed by atoms with Crippen LogP contribution in [0.2, 0.25) is 4.34 Å². The Hall–Kier alpha value is -1.54. The minimum Gasteiger partial charge on any atom is -0.379 e. The van der Waals surface area contributed by atoms with Crippen molar-refractivity contribution >= 4 is 56.1 Å². The van der Waals surface area contributed by atoms with E-state index in [-0.39, 0.29) is 28.6 Å². The Bertz CT molecular complexity index is 1260. The number of ether oxygens (including phenoxy) is 1. The van der Waals surface area contributed by atoms with Crippen LogP contribution in [-0.4, -0.2) is 111 Å². The second-order valence-corrected chi connectivity index (χ2v) is 15.0. The lowest BCUT2D eigenvalue weighted by molar-refractivity contribution is -0.145. The van der Waals surface area contributed by atoms with Crippen LogP contribution in [0, 0.1) is 0 Å². The molecule has 3 aliphatic heterocycles. The monoisotopic (exact) mass is 600 g/mol. The summed E-state index contributed by atoms with van der Waals surface area (Å²) < 4.78 is 34.3. The van der Waals surface area contributed by atoms with Gasteiger partial charge in [0.15, 0.2) is 0 Å². The lowest BCUT2D eigenvalue weighted by atomic mass is 10.0. The third-order valence-corrected chi connectivity index (χ3v) is 12.4. The van der Waals surface area contributed by atoms with E-state index in [4.69, 9.17) is 16.3 Å². The van der Waals surface area contributed by atoms with Gasteiger partial charge in [-0.25, -0.2) is 8.42 Å². The molecule has 0 aromatic carbocycles. The molecule has 13 heteroatoms. The number of carbonyl (C=O) groups is 2. The molecular formula is C25H33ClN4O5S3. The van der Waals surface area contributed by atoms with E-state index in [1.807, 2.05) is 11.0 Å². The van der Waals surface area contributed by atoms with Gasteiger partial charge in [-0.15, -0.1) is 22.7 Å². The molecule has 0 spiro atoms. The molecule has 3 aliphatic rings. The molecule has 5 heterocycles. The summed E-state index contributed by atoms with van der Waals surface area (Å²) in [4.78, 5) is 34.2. The van der Waals surface area contributed by atoms with Gasteiger partial charge in [0.2, 0.25) is 11.8 Å². The van der Waals surface area contributed by atoms with Crippen molar-refractivity contribution in [3.05, 3.63) is 28.6 Å². The van der Waals surface area contributed by atoms with Gasteiger partial charge >= 0.3 is 0 Å². The molecule has 2 aromatic heterocycles. The maximum Gasteiger partial charge on any atom is 0.253 e. The summed E-state index contributed by atoms with van der Waals surface area (Å²) in [5.41, 5.74) is 0. The average Bonchev–Trinajstić information content (AvgIpc) is 3.67. The molecule has 2 atom stereocenters. The molecule has 5 rings (SSSR count). The number of likely N-dealkylation sites (tertiary alicyclic amines) is 2. The molecule has 2 amide bonds. The molecule has 2 unspecified atom stereocenters. The Balaban J connectivity index is 1.23. The highest BCUT2D eigenvalue weighted by molar-refractivity contribution is 7.91. The zero-order valence-corrected chi connectivity index (χ0v) is 24.6. The van der Waals surface area contributed by atoms with Gasteiger partial charge in [-0.3, -0.25) is 14.5 Å². The van der Waals surface area contributed by atoms with E-state index in [0.29, 0.717) is 30.3 Å². The molecule has 0 saturated carbocycles. The molecule has 0 bridgehead atoms. The van der Waals surface area contributed by atoms with Crippen molar-refractivity contribution in [2.45, 2.75) is 42.0 Å². The Labute approximate surface area is 236 Å². The van der Waals surface area contributed by atoms with Crippen LogP contribution in [0.5, 0.6) is 0 Å². The SMILES string of the molecule is CN(C1CCCN(CC(=O)N2CCCC2CN2CCOCC2)C1=O)S(=O)(=O)c1ccc(-c2ccc(Cl)s2)s1. The minimum absolute atomic E-state index is 0.00881. The lowest BCUT2D eigenvalue weighted by Crippen LogP contribution is -2.55. The van der Waals surface area contributed by atoms with Crippen molar-refractivity contribution in [3.8, 4) is 9.75 Å². The van der Waals surface area contributed by atoms with E-state index in [9.17, 15) is 18.0 Å². The third kappa shape index (κ3) is 5.96. The number of likely N-dealkylation sites (N-methyl/N-ethyl adjacent to an activating group) is 1.